The number of hydrogen-bond donors (Lipinski definition) is 2. The SMILES string of the molecule is O=C(C[C@@H](Cc1ccccc1)C(=O)O)Nc1ccc(F)cc1. The van der Waals surface area contributed by atoms with Gasteiger partial charge in [0.05, 0.1) is 5.92 Å². The molecule has 2 aromatic carbocycles. The Morgan fingerprint density at radius 2 is 1.68 bits per heavy atom. The molecule has 1 atom stereocenters. The molecule has 0 unspecified atom stereocenters. The van der Waals surface area contributed by atoms with Gasteiger partial charge in [-0.3, -0.25) is 9.59 Å². The highest BCUT2D eigenvalue weighted by Gasteiger charge is 2.21. The van der Waals surface area contributed by atoms with Gasteiger partial charge in [-0.2, -0.15) is 0 Å². The molecule has 0 saturated heterocycles. The molecular formula is C17H16FNO3. The number of nitrogens with one attached hydrogen (secondary N) is 1. The fourth-order valence-electron chi connectivity index (χ4n) is 2.11. The van der Waals surface area contributed by atoms with E-state index in [9.17, 15) is 19.1 Å². The van der Waals surface area contributed by atoms with E-state index in [4.69, 9.17) is 0 Å². The van der Waals surface area contributed by atoms with Crippen LogP contribution in [0.1, 0.15) is 12.0 Å². The van der Waals surface area contributed by atoms with E-state index < -0.39 is 23.6 Å². The highest BCUT2D eigenvalue weighted by Crippen LogP contribution is 2.15. The Balaban J connectivity index is 1.97. The predicted octanol–water partition coefficient (Wildman–Crippen LogP) is 3.10. The number of benzene rings is 2. The van der Waals surface area contributed by atoms with E-state index in [1.165, 1.54) is 24.3 Å². The smallest absolute Gasteiger partial charge is 0.307 e. The van der Waals surface area contributed by atoms with E-state index in [1.54, 1.807) is 0 Å². The van der Waals surface area contributed by atoms with Crippen LogP contribution >= 0.6 is 0 Å². The number of carbonyl (C=O) groups is 2. The zero-order valence-electron chi connectivity index (χ0n) is 11.8. The monoisotopic (exact) mass is 301 g/mol. The summed E-state index contributed by atoms with van der Waals surface area (Å²) in [5.41, 5.74) is 1.31. The normalized spacial score (nSPS) is 11.7. The van der Waals surface area contributed by atoms with Crippen molar-refractivity contribution in [1.29, 1.82) is 0 Å². The summed E-state index contributed by atoms with van der Waals surface area (Å²) < 4.78 is 12.8. The highest BCUT2D eigenvalue weighted by atomic mass is 19.1. The lowest BCUT2D eigenvalue weighted by Crippen LogP contribution is -2.24. The first kappa shape index (κ1) is 15.7. The maximum atomic E-state index is 12.8. The zero-order chi connectivity index (χ0) is 15.9. The fraction of sp³-hybridized carbons (Fsp3) is 0.176. The lowest BCUT2D eigenvalue weighted by atomic mass is 9.96. The van der Waals surface area contributed by atoms with Crippen LogP contribution in [0.4, 0.5) is 10.1 Å². The van der Waals surface area contributed by atoms with E-state index in [0.717, 1.165) is 5.56 Å². The molecule has 2 aromatic rings. The molecule has 114 valence electrons. The van der Waals surface area contributed by atoms with E-state index in [1.807, 2.05) is 30.3 Å². The molecule has 1 amide bonds. The van der Waals surface area contributed by atoms with Crippen LogP contribution in [0.15, 0.2) is 54.6 Å². The molecule has 4 nitrogen and oxygen atoms in total. The minimum absolute atomic E-state index is 0.137. The Morgan fingerprint density at radius 1 is 1.05 bits per heavy atom. The second-order valence-corrected chi connectivity index (χ2v) is 4.98. The molecule has 2 N–H and O–H groups in total. The minimum Gasteiger partial charge on any atom is -0.481 e. The second-order valence-electron chi connectivity index (χ2n) is 4.98. The Hall–Kier alpha value is -2.69. The van der Waals surface area contributed by atoms with Gasteiger partial charge in [0.15, 0.2) is 0 Å². The molecule has 0 aromatic heterocycles. The summed E-state index contributed by atoms with van der Waals surface area (Å²) >= 11 is 0. The molecule has 0 fully saturated rings. The molecule has 0 aliphatic rings. The van der Waals surface area contributed by atoms with Crippen LogP contribution in [-0.4, -0.2) is 17.0 Å². The lowest BCUT2D eigenvalue weighted by molar-refractivity contribution is -0.143. The van der Waals surface area contributed by atoms with Crippen molar-refractivity contribution in [3.8, 4) is 0 Å². The number of carboxylic acid groups (broad SMARTS) is 1. The van der Waals surface area contributed by atoms with E-state index in [0.29, 0.717) is 5.69 Å². The Labute approximate surface area is 127 Å². The standard InChI is InChI=1S/C17H16FNO3/c18-14-6-8-15(9-7-14)19-16(20)11-13(17(21)22)10-12-4-2-1-3-5-12/h1-9,13H,10-11H2,(H,19,20)(H,21,22)/t13-/m1/s1. The van der Waals surface area contributed by atoms with Crippen LogP contribution in [0.5, 0.6) is 0 Å². The third-order valence-electron chi connectivity index (χ3n) is 3.23. The first-order chi connectivity index (χ1) is 10.5. The summed E-state index contributed by atoms with van der Waals surface area (Å²) in [5, 5.41) is 11.8. The quantitative estimate of drug-likeness (QED) is 0.861. The molecule has 2 rings (SSSR count). The number of aliphatic carboxylic acids is 1. The van der Waals surface area contributed by atoms with Crippen LogP contribution in [0.2, 0.25) is 0 Å². The average molecular weight is 301 g/mol. The van der Waals surface area contributed by atoms with E-state index >= 15 is 0 Å². The average Bonchev–Trinajstić information content (AvgIpc) is 2.50. The van der Waals surface area contributed by atoms with Gasteiger partial charge in [-0.15, -0.1) is 0 Å². The van der Waals surface area contributed by atoms with E-state index in [-0.39, 0.29) is 12.8 Å². The van der Waals surface area contributed by atoms with Crippen LogP contribution < -0.4 is 5.32 Å². The van der Waals surface area contributed by atoms with Gasteiger partial charge < -0.3 is 10.4 Å². The molecule has 0 aliphatic carbocycles. The summed E-state index contributed by atoms with van der Waals surface area (Å²) in [5.74, 6) is -2.62. The molecule has 0 spiro atoms. The van der Waals surface area contributed by atoms with Crippen molar-refractivity contribution in [2.24, 2.45) is 5.92 Å². The lowest BCUT2D eigenvalue weighted by Gasteiger charge is -2.12. The summed E-state index contributed by atoms with van der Waals surface area (Å²) in [6.07, 6.45) is 0.147. The molecule has 22 heavy (non-hydrogen) atoms. The van der Waals surface area contributed by atoms with Gasteiger partial charge in [-0.05, 0) is 36.2 Å². The summed E-state index contributed by atoms with van der Waals surface area (Å²) in [4.78, 5) is 23.2. The van der Waals surface area contributed by atoms with Gasteiger partial charge in [-0.25, -0.2) is 4.39 Å². The van der Waals surface area contributed by atoms with Gasteiger partial charge in [0, 0.05) is 12.1 Å². The molecular weight excluding hydrogens is 285 g/mol. The van der Waals surface area contributed by atoms with E-state index in [2.05, 4.69) is 5.32 Å². The third-order valence-corrected chi connectivity index (χ3v) is 3.23. The van der Waals surface area contributed by atoms with Crippen LogP contribution in [-0.2, 0) is 16.0 Å². The van der Waals surface area contributed by atoms with Crippen molar-refractivity contribution < 1.29 is 19.1 Å². The largest absolute Gasteiger partial charge is 0.481 e. The van der Waals surface area contributed by atoms with Crippen molar-refractivity contribution in [2.45, 2.75) is 12.8 Å². The first-order valence-electron chi connectivity index (χ1n) is 6.87. The Bertz CT molecular complexity index is 641. The summed E-state index contributed by atoms with van der Waals surface area (Å²) in [6.45, 7) is 0. The topological polar surface area (TPSA) is 66.4 Å². The maximum absolute atomic E-state index is 12.8. The third kappa shape index (κ3) is 4.70. The molecule has 0 aliphatic heterocycles. The Kier molecular flexibility index (Phi) is 5.25. The van der Waals surface area contributed by atoms with Crippen molar-refractivity contribution >= 4 is 17.6 Å². The molecule has 0 saturated carbocycles. The van der Waals surface area contributed by atoms with Crippen LogP contribution in [0.3, 0.4) is 0 Å². The number of hydrogen-bond acceptors (Lipinski definition) is 2. The number of halogens is 1. The maximum Gasteiger partial charge on any atom is 0.307 e. The van der Waals surface area contributed by atoms with Crippen molar-refractivity contribution in [3.63, 3.8) is 0 Å². The number of anilines is 1. The van der Waals surface area contributed by atoms with Crippen LogP contribution in [0.25, 0.3) is 0 Å². The Morgan fingerprint density at radius 3 is 2.27 bits per heavy atom. The van der Waals surface area contributed by atoms with Crippen molar-refractivity contribution in [3.05, 3.63) is 66.0 Å². The minimum atomic E-state index is -1.02. The second kappa shape index (κ2) is 7.36. The van der Waals surface area contributed by atoms with Crippen molar-refractivity contribution in [2.75, 3.05) is 5.32 Å². The van der Waals surface area contributed by atoms with Gasteiger partial charge in [0.1, 0.15) is 5.82 Å². The number of amides is 1. The number of carboxylic acids is 1. The van der Waals surface area contributed by atoms with Gasteiger partial charge in [0.25, 0.3) is 0 Å². The number of rotatable bonds is 6. The first-order valence-corrected chi connectivity index (χ1v) is 6.87. The fourth-order valence-corrected chi connectivity index (χ4v) is 2.11. The predicted molar refractivity (Wildman–Crippen MR) is 80.9 cm³/mol. The van der Waals surface area contributed by atoms with Crippen molar-refractivity contribution in [1.82, 2.24) is 0 Å². The molecule has 0 heterocycles. The molecule has 0 radical (unpaired) electrons. The summed E-state index contributed by atoms with van der Waals surface area (Å²) in [6, 6.07) is 14.5. The van der Waals surface area contributed by atoms with Gasteiger partial charge in [-0.1, -0.05) is 30.3 Å². The zero-order valence-corrected chi connectivity index (χ0v) is 11.8. The van der Waals surface area contributed by atoms with Gasteiger partial charge >= 0.3 is 5.97 Å². The van der Waals surface area contributed by atoms with Crippen LogP contribution in [0, 0.1) is 11.7 Å². The highest BCUT2D eigenvalue weighted by molar-refractivity contribution is 5.93. The number of carbonyl (C=O) groups excluding carboxylic acids is 1. The molecule has 0 bridgehead atoms. The molecule has 5 heteroatoms. The summed E-state index contributed by atoms with van der Waals surface area (Å²) in [7, 11) is 0. The van der Waals surface area contributed by atoms with Gasteiger partial charge in [0.2, 0.25) is 5.91 Å².